The maximum Gasteiger partial charge on any atom is 0.144 e. The molecule has 1 unspecified atom stereocenters. The summed E-state index contributed by atoms with van der Waals surface area (Å²) in [5.41, 5.74) is 0.131. The van der Waals surface area contributed by atoms with E-state index in [1.165, 1.54) is 12.1 Å². The highest BCUT2D eigenvalue weighted by Gasteiger charge is 2.18. The number of hydrogen-bond donors (Lipinski definition) is 0. The van der Waals surface area contributed by atoms with Gasteiger partial charge in [0.05, 0.1) is 4.47 Å². The smallest absolute Gasteiger partial charge is 0.144 e. The molecule has 0 bridgehead atoms. The Kier molecular flexibility index (Phi) is 6.60. The summed E-state index contributed by atoms with van der Waals surface area (Å²) in [7, 11) is 1.91. The molecule has 0 saturated carbocycles. The highest BCUT2D eigenvalue weighted by atomic mass is 79.9. The van der Waals surface area contributed by atoms with Crippen LogP contribution in [0.2, 0.25) is 0 Å². The van der Waals surface area contributed by atoms with Crippen LogP contribution in [0, 0.1) is 11.6 Å². The fraction of sp³-hybridized carbons (Fsp3) is 0.538. The minimum atomic E-state index is -0.499. The highest BCUT2D eigenvalue weighted by molar-refractivity contribution is 9.10. The molecule has 1 rings (SSSR count). The van der Waals surface area contributed by atoms with Gasteiger partial charge in [-0.25, -0.2) is 8.78 Å². The number of hydrogen-bond acceptors (Lipinski definition) is 2. The van der Waals surface area contributed by atoms with E-state index in [4.69, 9.17) is 0 Å². The molecule has 0 amide bonds. The number of rotatable bonds is 6. The molecule has 0 heterocycles. The maximum atomic E-state index is 13.9. The number of halogens is 3. The van der Waals surface area contributed by atoms with Crippen LogP contribution < -0.4 is 0 Å². The Morgan fingerprint density at radius 1 is 1.39 bits per heavy atom. The molecule has 0 radical (unpaired) electrons. The second-order valence-corrected chi connectivity index (χ2v) is 6.02. The third kappa shape index (κ3) is 3.93. The van der Waals surface area contributed by atoms with E-state index in [0.29, 0.717) is 10.5 Å². The van der Waals surface area contributed by atoms with Gasteiger partial charge in [0.25, 0.3) is 0 Å². The molecule has 0 aliphatic carbocycles. The van der Waals surface area contributed by atoms with Gasteiger partial charge in [0.1, 0.15) is 11.6 Å². The van der Waals surface area contributed by atoms with Gasteiger partial charge in [-0.05, 0) is 47.8 Å². The third-order valence-corrected chi connectivity index (χ3v) is 4.33. The van der Waals surface area contributed by atoms with Crippen LogP contribution in [0.4, 0.5) is 8.78 Å². The van der Waals surface area contributed by atoms with Gasteiger partial charge in [-0.2, -0.15) is 11.8 Å². The lowest BCUT2D eigenvalue weighted by molar-refractivity contribution is 0.241. The van der Waals surface area contributed by atoms with E-state index in [9.17, 15) is 8.78 Å². The monoisotopic (exact) mass is 337 g/mol. The Morgan fingerprint density at radius 3 is 2.61 bits per heavy atom. The van der Waals surface area contributed by atoms with E-state index in [1.54, 1.807) is 11.8 Å². The lowest BCUT2D eigenvalue weighted by atomic mass is 10.1. The minimum Gasteiger partial charge on any atom is -0.298 e. The van der Waals surface area contributed by atoms with Crippen LogP contribution in [0.5, 0.6) is 0 Å². The summed E-state index contributed by atoms with van der Waals surface area (Å²) in [6, 6.07) is 3.02. The summed E-state index contributed by atoms with van der Waals surface area (Å²) in [6.45, 7) is 2.38. The van der Waals surface area contributed by atoms with Crippen molar-refractivity contribution in [3.8, 4) is 0 Å². The van der Waals surface area contributed by atoms with Crippen LogP contribution in [0.15, 0.2) is 16.6 Å². The summed E-state index contributed by atoms with van der Waals surface area (Å²) in [5.74, 6) is -0.0213. The first kappa shape index (κ1) is 15.9. The first-order valence-corrected chi connectivity index (χ1v) is 8.01. The van der Waals surface area contributed by atoms with Crippen molar-refractivity contribution in [2.45, 2.75) is 25.9 Å². The summed E-state index contributed by atoms with van der Waals surface area (Å²) in [6.07, 6.45) is 3.01. The molecule has 0 N–H and O–H groups in total. The second-order valence-electron chi connectivity index (χ2n) is 4.25. The van der Waals surface area contributed by atoms with E-state index >= 15 is 0 Å². The molecule has 0 spiro atoms. The summed E-state index contributed by atoms with van der Waals surface area (Å²) in [5, 5.41) is 0. The molecule has 0 fully saturated rings. The van der Waals surface area contributed by atoms with E-state index in [0.717, 1.165) is 12.2 Å². The zero-order valence-corrected chi connectivity index (χ0v) is 13.2. The summed E-state index contributed by atoms with van der Waals surface area (Å²) in [4.78, 5) is 2.00. The van der Waals surface area contributed by atoms with Crippen molar-refractivity contribution in [2.75, 3.05) is 19.1 Å². The fourth-order valence-electron chi connectivity index (χ4n) is 1.84. The average molecular weight is 338 g/mol. The zero-order chi connectivity index (χ0) is 13.7. The van der Waals surface area contributed by atoms with Gasteiger partial charge in [-0.15, -0.1) is 0 Å². The Labute approximate surface area is 120 Å². The normalized spacial score (nSPS) is 13.1. The van der Waals surface area contributed by atoms with Gasteiger partial charge in [-0.1, -0.05) is 6.92 Å². The standard InChI is InChI=1S/C13H18BrF2NS/c1-4-9(8-18-3)17(2)7-10-12(15)6-5-11(14)13(10)16/h5-6,9H,4,7-8H2,1-3H3. The van der Waals surface area contributed by atoms with E-state index < -0.39 is 11.6 Å². The summed E-state index contributed by atoms with van der Waals surface area (Å²) < 4.78 is 27.8. The predicted molar refractivity (Wildman–Crippen MR) is 78.0 cm³/mol. The largest absolute Gasteiger partial charge is 0.298 e. The van der Waals surface area contributed by atoms with Crippen molar-refractivity contribution < 1.29 is 8.78 Å². The van der Waals surface area contributed by atoms with Crippen molar-refractivity contribution in [1.82, 2.24) is 4.90 Å². The molecular formula is C13H18BrF2NS. The van der Waals surface area contributed by atoms with Crippen LogP contribution >= 0.6 is 27.7 Å². The number of benzene rings is 1. The SMILES string of the molecule is CCC(CSC)N(C)Cc1c(F)ccc(Br)c1F. The van der Waals surface area contributed by atoms with Crippen molar-refractivity contribution >= 4 is 27.7 Å². The van der Waals surface area contributed by atoms with Crippen molar-refractivity contribution in [2.24, 2.45) is 0 Å². The molecule has 1 nitrogen and oxygen atoms in total. The van der Waals surface area contributed by atoms with Gasteiger partial charge >= 0.3 is 0 Å². The molecule has 0 aliphatic heterocycles. The molecule has 0 aromatic heterocycles. The molecule has 1 atom stereocenters. The van der Waals surface area contributed by atoms with Gasteiger partial charge < -0.3 is 0 Å². The van der Waals surface area contributed by atoms with Gasteiger partial charge in [0.15, 0.2) is 0 Å². The Bertz CT molecular complexity index is 401. The van der Waals surface area contributed by atoms with Crippen molar-refractivity contribution in [1.29, 1.82) is 0 Å². The van der Waals surface area contributed by atoms with Crippen LogP contribution in [0.1, 0.15) is 18.9 Å². The van der Waals surface area contributed by atoms with Crippen molar-refractivity contribution in [3.05, 3.63) is 33.8 Å². The maximum absolute atomic E-state index is 13.9. The quantitative estimate of drug-likeness (QED) is 0.712. The van der Waals surface area contributed by atoms with E-state index in [1.807, 2.05) is 18.2 Å². The van der Waals surface area contributed by atoms with E-state index in [-0.39, 0.29) is 12.1 Å². The minimum absolute atomic E-state index is 0.131. The Morgan fingerprint density at radius 2 is 2.06 bits per heavy atom. The van der Waals surface area contributed by atoms with Gasteiger partial charge in [0, 0.05) is 23.9 Å². The van der Waals surface area contributed by atoms with Crippen LogP contribution in [0.3, 0.4) is 0 Å². The molecule has 0 aliphatic rings. The Hall–Kier alpha value is -0.130. The van der Waals surface area contributed by atoms with Gasteiger partial charge in [0.2, 0.25) is 0 Å². The highest BCUT2D eigenvalue weighted by Crippen LogP contribution is 2.23. The molecule has 1 aromatic carbocycles. The van der Waals surface area contributed by atoms with Crippen LogP contribution in [-0.2, 0) is 6.54 Å². The molecular weight excluding hydrogens is 320 g/mol. The zero-order valence-electron chi connectivity index (χ0n) is 10.8. The molecule has 1 aromatic rings. The first-order valence-electron chi connectivity index (χ1n) is 5.82. The van der Waals surface area contributed by atoms with Gasteiger partial charge in [-0.3, -0.25) is 4.90 Å². The molecule has 102 valence electrons. The number of thioether (sulfide) groups is 1. The second kappa shape index (κ2) is 7.46. The Balaban J connectivity index is 2.87. The third-order valence-electron chi connectivity index (χ3n) is 3.00. The topological polar surface area (TPSA) is 3.24 Å². The van der Waals surface area contributed by atoms with E-state index in [2.05, 4.69) is 22.9 Å². The molecule has 5 heteroatoms. The first-order chi connectivity index (χ1) is 8.51. The summed E-state index contributed by atoms with van der Waals surface area (Å²) >= 11 is 4.84. The average Bonchev–Trinajstić information content (AvgIpc) is 2.36. The molecule has 0 saturated heterocycles. The van der Waals surface area contributed by atoms with Crippen LogP contribution in [-0.4, -0.2) is 30.0 Å². The van der Waals surface area contributed by atoms with Crippen LogP contribution in [0.25, 0.3) is 0 Å². The van der Waals surface area contributed by atoms with Crippen molar-refractivity contribution in [3.63, 3.8) is 0 Å². The predicted octanol–water partition coefficient (Wildman–Crippen LogP) is 4.30. The lowest BCUT2D eigenvalue weighted by Gasteiger charge is -2.27. The molecule has 18 heavy (non-hydrogen) atoms. The lowest BCUT2D eigenvalue weighted by Crippen LogP contribution is -2.33. The fourth-order valence-corrected chi connectivity index (χ4v) is 3.09. The number of nitrogens with zero attached hydrogens (tertiary/aromatic N) is 1.